The molecule has 0 radical (unpaired) electrons. The summed E-state index contributed by atoms with van der Waals surface area (Å²) in [6.45, 7) is 3.81. The molecule has 3 aliphatic rings. The van der Waals surface area contributed by atoms with E-state index >= 15 is 0 Å². The maximum absolute atomic E-state index is 6.14. The van der Waals surface area contributed by atoms with Gasteiger partial charge in [0.1, 0.15) is 0 Å². The molecule has 2 N–H and O–H groups in total. The second-order valence-electron chi connectivity index (χ2n) is 6.45. The van der Waals surface area contributed by atoms with Gasteiger partial charge >= 0.3 is 0 Å². The molecule has 2 aliphatic heterocycles. The minimum atomic E-state index is 0.489. The van der Waals surface area contributed by atoms with E-state index in [0.717, 1.165) is 12.1 Å². The third kappa shape index (κ3) is 1.94. The number of fused-ring (bicyclic) bond motifs is 2. The van der Waals surface area contributed by atoms with Crippen molar-refractivity contribution in [3.8, 4) is 0 Å². The highest BCUT2D eigenvalue weighted by molar-refractivity contribution is 4.99. The van der Waals surface area contributed by atoms with E-state index in [-0.39, 0.29) is 0 Å². The normalized spacial score (nSPS) is 44.0. The van der Waals surface area contributed by atoms with Gasteiger partial charge < -0.3 is 5.73 Å². The summed E-state index contributed by atoms with van der Waals surface area (Å²) in [5, 5.41) is 0. The first-order valence-electron chi connectivity index (χ1n) is 6.68. The maximum Gasteiger partial charge on any atom is 0.0113 e. The van der Waals surface area contributed by atoms with Crippen LogP contribution in [0.15, 0.2) is 0 Å². The molecule has 2 heteroatoms. The van der Waals surface area contributed by atoms with Crippen LogP contribution in [0.5, 0.6) is 0 Å². The van der Waals surface area contributed by atoms with Gasteiger partial charge in [0.15, 0.2) is 0 Å². The van der Waals surface area contributed by atoms with Crippen LogP contribution in [0, 0.1) is 5.41 Å². The molecule has 0 amide bonds. The molecule has 3 fully saturated rings. The van der Waals surface area contributed by atoms with Gasteiger partial charge in [0.2, 0.25) is 0 Å². The summed E-state index contributed by atoms with van der Waals surface area (Å²) in [5.41, 5.74) is 6.82. The highest BCUT2D eigenvalue weighted by Gasteiger charge is 2.44. The van der Waals surface area contributed by atoms with Gasteiger partial charge in [-0.15, -0.1) is 0 Å². The van der Waals surface area contributed by atoms with Crippen molar-refractivity contribution in [2.75, 3.05) is 6.54 Å². The molecule has 0 aromatic carbocycles. The smallest absolute Gasteiger partial charge is 0.0113 e. The molecule has 2 bridgehead atoms. The minimum absolute atomic E-state index is 0.489. The predicted molar refractivity (Wildman–Crippen MR) is 62.7 cm³/mol. The molecule has 3 rings (SSSR count). The zero-order chi connectivity index (χ0) is 10.5. The van der Waals surface area contributed by atoms with Crippen molar-refractivity contribution < 1.29 is 0 Å². The molecule has 2 nitrogen and oxygen atoms in total. The second-order valence-corrected chi connectivity index (χ2v) is 6.45. The molecule has 2 saturated heterocycles. The van der Waals surface area contributed by atoms with Crippen molar-refractivity contribution in [3.05, 3.63) is 0 Å². The summed E-state index contributed by atoms with van der Waals surface area (Å²) in [5.74, 6) is 0. The lowest BCUT2D eigenvalue weighted by molar-refractivity contribution is 0.0169. The lowest BCUT2D eigenvalue weighted by Crippen LogP contribution is -2.56. The summed E-state index contributed by atoms with van der Waals surface area (Å²) < 4.78 is 0. The van der Waals surface area contributed by atoms with Gasteiger partial charge in [0.25, 0.3) is 0 Å². The topological polar surface area (TPSA) is 29.3 Å². The summed E-state index contributed by atoms with van der Waals surface area (Å²) in [4.78, 5) is 2.82. The molecule has 0 spiro atoms. The largest absolute Gasteiger partial charge is 0.328 e. The van der Waals surface area contributed by atoms with E-state index in [9.17, 15) is 0 Å². The zero-order valence-corrected chi connectivity index (χ0v) is 9.91. The van der Waals surface area contributed by atoms with Crippen LogP contribution in [0.2, 0.25) is 0 Å². The Morgan fingerprint density at radius 3 is 2.33 bits per heavy atom. The molecule has 15 heavy (non-hydrogen) atoms. The molecule has 0 aromatic rings. The Morgan fingerprint density at radius 2 is 1.80 bits per heavy atom. The lowest BCUT2D eigenvalue weighted by Gasteiger charge is -2.49. The van der Waals surface area contributed by atoms with E-state index in [1.54, 1.807) is 0 Å². The molecular weight excluding hydrogens is 184 g/mol. The number of nitrogens with two attached hydrogens (primary N) is 1. The molecule has 2 atom stereocenters. The highest BCUT2D eigenvalue weighted by Crippen LogP contribution is 2.48. The standard InChI is InChI=1S/C13H24N2/c1-13(5-6-13)9-15-11-3-2-4-12(15)8-10(14)7-11/h10-12H,2-9,14H2,1H3. The van der Waals surface area contributed by atoms with Crippen molar-refractivity contribution in [2.45, 2.75) is 70.0 Å². The Morgan fingerprint density at radius 1 is 1.20 bits per heavy atom. The Bertz CT molecular complexity index is 233. The average molecular weight is 208 g/mol. The molecule has 2 heterocycles. The Hall–Kier alpha value is -0.0800. The van der Waals surface area contributed by atoms with Crippen LogP contribution in [-0.2, 0) is 0 Å². The monoisotopic (exact) mass is 208 g/mol. The van der Waals surface area contributed by atoms with Crippen molar-refractivity contribution in [2.24, 2.45) is 11.1 Å². The van der Waals surface area contributed by atoms with Crippen LogP contribution < -0.4 is 5.73 Å². The summed E-state index contributed by atoms with van der Waals surface area (Å²) in [7, 11) is 0. The van der Waals surface area contributed by atoms with E-state index in [0.29, 0.717) is 11.5 Å². The third-order valence-electron chi connectivity index (χ3n) is 4.83. The number of rotatable bonds is 2. The number of hydrogen-bond donors (Lipinski definition) is 1. The van der Waals surface area contributed by atoms with Crippen molar-refractivity contribution in [3.63, 3.8) is 0 Å². The van der Waals surface area contributed by atoms with E-state index in [1.165, 1.54) is 51.5 Å². The first-order valence-corrected chi connectivity index (χ1v) is 6.68. The van der Waals surface area contributed by atoms with Crippen LogP contribution in [0.25, 0.3) is 0 Å². The fourth-order valence-electron chi connectivity index (χ4n) is 3.59. The van der Waals surface area contributed by atoms with Gasteiger partial charge in [-0.05, 0) is 43.9 Å². The van der Waals surface area contributed by atoms with E-state index in [2.05, 4.69) is 11.8 Å². The van der Waals surface area contributed by atoms with Crippen LogP contribution in [-0.4, -0.2) is 29.6 Å². The Balaban J connectivity index is 1.70. The summed E-state index contributed by atoms with van der Waals surface area (Å²) in [6.07, 6.45) is 9.67. The predicted octanol–water partition coefficient (Wildman–Crippen LogP) is 2.13. The fourth-order valence-corrected chi connectivity index (χ4v) is 3.59. The second kappa shape index (κ2) is 3.46. The first-order chi connectivity index (χ1) is 7.16. The van der Waals surface area contributed by atoms with Gasteiger partial charge in [-0.2, -0.15) is 0 Å². The van der Waals surface area contributed by atoms with Gasteiger partial charge in [-0.25, -0.2) is 0 Å². The van der Waals surface area contributed by atoms with Crippen LogP contribution >= 0.6 is 0 Å². The van der Waals surface area contributed by atoms with E-state index in [4.69, 9.17) is 5.73 Å². The lowest BCUT2D eigenvalue weighted by atomic mass is 9.81. The molecule has 1 saturated carbocycles. The SMILES string of the molecule is CC1(CN2C3CCCC2CC(N)C3)CC1. The number of hydrogen-bond acceptors (Lipinski definition) is 2. The maximum atomic E-state index is 6.14. The molecule has 86 valence electrons. The molecule has 1 aliphatic carbocycles. The third-order valence-corrected chi connectivity index (χ3v) is 4.83. The van der Waals surface area contributed by atoms with Gasteiger partial charge in [0, 0.05) is 24.7 Å². The minimum Gasteiger partial charge on any atom is -0.328 e. The van der Waals surface area contributed by atoms with Crippen LogP contribution in [0.3, 0.4) is 0 Å². The highest BCUT2D eigenvalue weighted by atomic mass is 15.2. The number of piperidine rings is 2. The molecular formula is C13H24N2. The Labute approximate surface area is 93.2 Å². The Kier molecular flexibility index (Phi) is 2.33. The average Bonchev–Trinajstić information content (AvgIpc) is 2.86. The molecule has 0 aromatic heterocycles. The molecule has 2 unspecified atom stereocenters. The quantitative estimate of drug-likeness (QED) is 0.753. The first kappa shape index (κ1) is 10.1. The van der Waals surface area contributed by atoms with Crippen molar-refractivity contribution in [1.82, 2.24) is 4.90 Å². The summed E-state index contributed by atoms with van der Waals surface area (Å²) in [6, 6.07) is 2.14. The van der Waals surface area contributed by atoms with Crippen molar-refractivity contribution >= 4 is 0 Å². The summed E-state index contributed by atoms with van der Waals surface area (Å²) >= 11 is 0. The van der Waals surface area contributed by atoms with Crippen LogP contribution in [0.1, 0.15) is 51.9 Å². The van der Waals surface area contributed by atoms with E-state index < -0.39 is 0 Å². The van der Waals surface area contributed by atoms with Crippen molar-refractivity contribution in [1.29, 1.82) is 0 Å². The fraction of sp³-hybridized carbons (Fsp3) is 1.00. The zero-order valence-electron chi connectivity index (χ0n) is 9.91. The number of nitrogens with zero attached hydrogens (tertiary/aromatic N) is 1. The van der Waals surface area contributed by atoms with E-state index in [1.807, 2.05) is 0 Å². The van der Waals surface area contributed by atoms with Crippen LogP contribution in [0.4, 0.5) is 0 Å². The van der Waals surface area contributed by atoms with Gasteiger partial charge in [-0.3, -0.25) is 4.90 Å². The van der Waals surface area contributed by atoms with Gasteiger partial charge in [-0.1, -0.05) is 13.3 Å². The van der Waals surface area contributed by atoms with Gasteiger partial charge in [0.05, 0.1) is 0 Å².